The number of ether oxygens (including phenoxy) is 2. The van der Waals surface area contributed by atoms with Crippen molar-refractivity contribution in [2.24, 2.45) is 0 Å². The Labute approximate surface area is 240 Å². The standard InChI is InChI=1S/C32H34BNO7/c1-31(2)32(3,4)41-33(40-31)22(17-21-16-20(29(36)38-5)14-15-28(21)35)18-34-30(37)39-19-27-25-12-8-6-10-23(25)24-11-7-9-13-26(24)27/h6-17,27,35H,18-19H2,1-5H3,(H,34,37). The fourth-order valence-electron chi connectivity index (χ4n) is 5.14. The molecule has 0 saturated carbocycles. The number of carbonyl (C=O) groups is 2. The molecule has 1 saturated heterocycles. The molecule has 2 aliphatic rings. The molecule has 1 aliphatic heterocycles. The summed E-state index contributed by atoms with van der Waals surface area (Å²) in [5.41, 5.74) is 4.46. The number of amides is 1. The first-order chi connectivity index (χ1) is 19.5. The lowest BCUT2D eigenvalue weighted by atomic mass is 9.77. The number of carbonyl (C=O) groups excluding carboxylic acids is 2. The molecule has 8 nitrogen and oxygen atoms in total. The molecule has 0 spiro atoms. The average Bonchev–Trinajstić information content (AvgIpc) is 3.39. The number of hydrogen-bond acceptors (Lipinski definition) is 7. The van der Waals surface area contributed by atoms with Crippen LogP contribution in [0.2, 0.25) is 0 Å². The Balaban J connectivity index is 1.34. The van der Waals surface area contributed by atoms with Gasteiger partial charge in [0.05, 0.1) is 23.9 Å². The predicted molar refractivity (Wildman–Crippen MR) is 157 cm³/mol. The summed E-state index contributed by atoms with van der Waals surface area (Å²) in [6.07, 6.45) is 1.05. The molecule has 0 aromatic heterocycles. The molecule has 1 amide bonds. The minimum Gasteiger partial charge on any atom is -0.507 e. The van der Waals surface area contributed by atoms with Crippen molar-refractivity contribution in [1.82, 2.24) is 5.32 Å². The van der Waals surface area contributed by atoms with Gasteiger partial charge in [-0.1, -0.05) is 54.6 Å². The van der Waals surface area contributed by atoms with Crippen LogP contribution in [0.3, 0.4) is 0 Å². The maximum absolute atomic E-state index is 12.9. The molecule has 0 unspecified atom stereocenters. The first kappa shape index (κ1) is 28.5. The van der Waals surface area contributed by atoms with Crippen molar-refractivity contribution >= 4 is 25.3 Å². The van der Waals surface area contributed by atoms with Gasteiger partial charge in [0.15, 0.2) is 0 Å². The van der Waals surface area contributed by atoms with Crippen molar-refractivity contribution in [2.45, 2.75) is 44.8 Å². The smallest absolute Gasteiger partial charge is 0.492 e. The molecule has 0 bridgehead atoms. The number of phenols is 1. The summed E-state index contributed by atoms with van der Waals surface area (Å²) < 4.78 is 23.0. The van der Waals surface area contributed by atoms with Gasteiger partial charge in [-0.05, 0) is 73.6 Å². The lowest BCUT2D eigenvalue weighted by Gasteiger charge is -2.32. The maximum atomic E-state index is 12.9. The minimum absolute atomic E-state index is 0.0232. The molecule has 1 fully saturated rings. The van der Waals surface area contributed by atoms with Crippen molar-refractivity contribution in [3.8, 4) is 16.9 Å². The molecule has 3 aromatic carbocycles. The predicted octanol–water partition coefficient (Wildman–Crippen LogP) is 5.73. The van der Waals surface area contributed by atoms with Crippen molar-refractivity contribution in [2.75, 3.05) is 20.3 Å². The molecule has 41 heavy (non-hydrogen) atoms. The van der Waals surface area contributed by atoms with Gasteiger partial charge in [-0.2, -0.15) is 0 Å². The number of aromatic hydroxyl groups is 1. The van der Waals surface area contributed by atoms with E-state index >= 15 is 0 Å². The van der Waals surface area contributed by atoms with Crippen molar-refractivity contribution in [3.63, 3.8) is 0 Å². The Kier molecular flexibility index (Phi) is 7.68. The highest BCUT2D eigenvalue weighted by Crippen LogP contribution is 2.44. The van der Waals surface area contributed by atoms with Gasteiger partial charge in [0.2, 0.25) is 0 Å². The second-order valence-corrected chi connectivity index (χ2v) is 11.3. The van der Waals surface area contributed by atoms with Crippen LogP contribution in [-0.4, -0.2) is 55.8 Å². The number of benzene rings is 3. The highest BCUT2D eigenvalue weighted by molar-refractivity contribution is 6.56. The summed E-state index contributed by atoms with van der Waals surface area (Å²) in [6.45, 7) is 7.92. The second-order valence-electron chi connectivity index (χ2n) is 11.3. The molecule has 212 valence electrons. The number of phenolic OH excluding ortho intramolecular Hbond substituents is 1. The SMILES string of the molecule is COC(=O)c1ccc(O)c(C=C(CNC(=O)OCC2c3ccccc3-c3ccccc32)B2OC(C)(C)C(C)(C)O2)c1. The van der Waals surface area contributed by atoms with Crippen LogP contribution in [-0.2, 0) is 18.8 Å². The summed E-state index contributed by atoms with van der Waals surface area (Å²) in [5.74, 6) is -0.648. The normalized spacial score (nSPS) is 17.1. The fourth-order valence-corrected chi connectivity index (χ4v) is 5.14. The van der Waals surface area contributed by atoms with E-state index in [0.29, 0.717) is 11.0 Å². The van der Waals surface area contributed by atoms with Gasteiger partial charge < -0.3 is 29.2 Å². The van der Waals surface area contributed by atoms with Crippen molar-refractivity contribution < 1.29 is 33.5 Å². The Morgan fingerprint density at radius 2 is 1.54 bits per heavy atom. The van der Waals surface area contributed by atoms with Gasteiger partial charge in [0, 0.05) is 18.0 Å². The van der Waals surface area contributed by atoms with E-state index in [0.717, 1.165) is 22.3 Å². The van der Waals surface area contributed by atoms with Gasteiger partial charge in [0.1, 0.15) is 12.4 Å². The largest absolute Gasteiger partial charge is 0.507 e. The Bertz CT molecular complexity index is 1450. The number of rotatable bonds is 7. The quantitative estimate of drug-likeness (QED) is 0.284. The van der Waals surface area contributed by atoms with Crippen LogP contribution in [0.5, 0.6) is 5.75 Å². The van der Waals surface area contributed by atoms with Gasteiger partial charge in [-0.25, -0.2) is 9.59 Å². The van der Waals surface area contributed by atoms with E-state index in [1.165, 1.54) is 25.3 Å². The highest BCUT2D eigenvalue weighted by atomic mass is 16.7. The lowest BCUT2D eigenvalue weighted by molar-refractivity contribution is 0.00578. The van der Waals surface area contributed by atoms with E-state index in [-0.39, 0.29) is 30.4 Å². The molecule has 0 atom stereocenters. The summed E-state index contributed by atoms with van der Waals surface area (Å²) in [5, 5.41) is 13.4. The van der Waals surface area contributed by atoms with E-state index in [2.05, 4.69) is 29.6 Å². The highest BCUT2D eigenvalue weighted by Gasteiger charge is 2.52. The van der Waals surface area contributed by atoms with Crippen LogP contribution in [0.15, 0.2) is 72.2 Å². The Hall–Kier alpha value is -4.08. The Morgan fingerprint density at radius 1 is 0.951 bits per heavy atom. The van der Waals surface area contributed by atoms with E-state index < -0.39 is 30.4 Å². The van der Waals surface area contributed by atoms with Crippen molar-refractivity contribution in [1.29, 1.82) is 0 Å². The first-order valence-corrected chi connectivity index (χ1v) is 13.6. The van der Waals surface area contributed by atoms with Gasteiger partial charge in [-0.15, -0.1) is 0 Å². The van der Waals surface area contributed by atoms with Crippen LogP contribution in [0.4, 0.5) is 4.79 Å². The summed E-state index contributed by atoms with van der Waals surface area (Å²) >= 11 is 0. The molecule has 2 N–H and O–H groups in total. The fraction of sp³-hybridized carbons (Fsp3) is 0.312. The minimum atomic E-state index is -0.810. The maximum Gasteiger partial charge on any atom is 0.492 e. The summed E-state index contributed by atoms with van der Waals surface area (Å²) in [6, 6.07) is 20.7. The van der Waals surface area contributed by atoms with Crippen LogP contribution in [0.1, 0.15) is 60.7 Å². The van der Waals surface area contributed by atoms with Crippen LogP contribution in [0.25, 0.3) is 17.2 Å². The summed E-state index contributed by atoms with van der Waals surface area (Å²) in [7, 11) is 0.480. The molecular weight excluding hydrogens is 521 g/mol. The zero-order valence-electron chi connectivity index (χ0n) is 23.9. The number of nitrogens with one attached hydrogen (secondary N) is 1. The second kappa shape index (κ2) is 11.1. The van der Waals surface area contributed by atoms with E-state index in [1.807, 2.05) is 52.0 Å². The third kappa shape index (κ3) is 5.60. The molecule has 9 heteroatoms. The van der Waals surface area contributed by atoms with Crippen LogP contribution < -0.4 is 5.32 Å². The number of alkyl carbamates (subject to hydrolysis) is 1. The van der Waals surface area contributed by atoms with E-state index in [9.17, 15) is 14.7 Å². The zero-order chi connectivity index (χ0) is 29.4. The molecule has 1 heterocycles. The number of fused-ring (bicyclic) bond motifs is 3. The molecule has 0 radical (unpaired) electrons. The third-order valence-corrected chi connectivity index (χ3v) is 8.13. The lowest BCUT2D eigenvalue weighted by Crippen LogP contribution is -2.41. The van der Waals surface area contributed by atoms with Crippen LogP contribution >= 0.6 is 0 Å². The third-order valence-electron chi connectivity index (χ3n) is 8.13. The van der Waals surface area contributed by atoms with Gasteiger partial charge in [-0.3, -0.25) is 0 Å². The monoisotopic (exact) mass is 555 g/mol. The molecule has 3 aromatic rings. The van der Waals surface area contributed by atoms with Gasteiger partial charge in [0.25, 0.3) is 0 Å². The van der Waals surface area contributed by atoms with E-state index in [1.54, 1.807) is 6.08 Å². The molecule has 5 rings (SSSR count). The first-order valence-electron chi connectivity index (χ1n) is 13.6. The number of methoxy groups -OCH3 is 1. The molecule has 1 aliphatic carbocycles. The summed E-state index contributed by atoms with van der Waals surface area (Å²) in [4.78, 5) is 25.0. The number of esters is 1. The zero-order valence-corrected chi connectivity index (χ0v) is 23.9. The average molecular weight is 555 g/mol. The Morgan fingerprint density at radius 3 is 2.12 bits per heavy atom. The molecular formula is C32H34BNO7. The van der Waals surface area contributed by atoms with Crippen molar-refractivity contribution in [3.05, 3.63) is 94.5 Å². The van der Waals surface area contributed by atoms with Crippen LogP contribution in [0, 0.1) is 0 Å². The topological polar surface area (TPSA) is 103 Å². The number of hydrogen-bond donors (Lipinski definition) is 2. The van der Waals surface area contributed by atoms with E-state index in [4.69, 9.17) is 18.8 Å². The van der Waals surface area contributed by atoms with Gasteiger partial charge >= 0.3 is 19.2 Å².